The lowest BCUT2D eigenvalue weighted by atomic mass is 10.2. The number of hydrogen-bond acceptors (Lipinski definition) is 3. The van der Waals surface area contributed by atoms with E-state index in [4.69, 9.17) is 17.3 Å². The molecule has 4 nitrogen and oxygen atoms in total. The smallest absolute Gasteiger partial charge is 0.230 e. The highest BCUT2D eigenvalue weighted by molar-refractivity contribution is 9.10. The normalized spacial score (nSPS) is 10.3. The molecule has 1 aromatic heterocycles. The van der Waals surface area contributed by atoms with Crippen LogP contribution in [0.3, 0.4) is 0 Å². The molecule has 20 heavy (non-hydrogen) atoms. The van der Waals surface area contributed by atoms with Crippen LogP contribution in [0.15, 0.2) is 34.9 Å². The van der Waals surface area contributed by atoms with Gasteiger partial charge in [0.25, 0.3) is 0 Å². The van der Waals surface area contributed by atoms with Gasteiger partial charge in [0.2, 0.25) is 5.91 Å². The Hall–Kier alpha value is -1.59. The molecule has 0 saturated heterocycles. The number of nitrogens with two attached hydrogens (primary N) is 1. The number of carbonyl (C=O) groups excluding carboxylic acids is 1. The Balaban J connectivity index is 2.08. The third-order valence-electron chi connectivity index (χ3n) is 2.71. The van der Waals surface area contributed by atoms with E-state index in [2.05, 4.69) is 26.2 Å². The minimum Gasteiger partial charge on any atom is -0.397 e. The van der Waals surface area contributed by atoms with E-state index in [0.717, 1.165) is 10.0 Å². The Kier molecular flexibility index (Phi) is 4.62. The lowest BCUT2D eigenvalue weighted by molar-refractivity contribution is -0.115. The van der Waals surface area contributed by atoms with Gasteiger partial charge in [-0.2, -0.15) is 0 Å². The van der Waals surface area contributed by atoms with Gasteiger partial charge in [-0.05, 0) is 52.7 Å². The molecule has 1 aromatic carbocycles. The van der Waals surface area contributed by atoms with Gasteiger partial charge in [0.05, 0.1) is 24.0 Å². The minimum absolute atomic E-state index is 0.164. The fourth-order valence-corrected chi connectivity index (χ4v) is 2.36. The second-order valence-corrected chi connectivity index (χ2v) is 5.65. The number of aromatic nitrogens is 1. The zero-order valence-corrected chi connectivity index (χ0v) is 13.1. The predicted octanol–water partition coefficient (Wildman–Crippen LogP) is 3.57. The highest BCUT2D eigenvalue weighted by Crippen LogP contribution is 2.29. The van der Waals surface area contributed by atoms with Gasteiger partial charge in [-0.1, -0.05) is 11.6 Å². The number of aryl methyl sites for hydroxylation is 1. The van der Waals surface area contributed by atoms with Gasteiger partial charge in [0.1, 0.15) is 0 Å². The molecule has 2 rings (SSSR count). The first kappa shape index (κ1) is 14.8. The van der Waals surface area contributed by atoms with Crippen molar-refractivity contribution in [3.8, 4) is 0 Å². The number of rotatable bonds is 3. The molecule has 3 N–H and O–H groups in total. The number of pyridine rings is 1. The molecule has 1 heterocycles. The standard InChI is InChI=1S/C14H13BrClN3O/c1-8-4-11(15)13(6-12(8)16)19-14(20)5-10-3-2-9(17)7-18-10/h2-4,6-7H,5,17H2,1H3,(H,19,20). The van der Waals surface area contributed by atoms with Crippen LogP contribution < -0.4 is 11.1 Å². The zero-order chi connectivity index (χ0) is 14.7. The van der Waals surface area contributed by atoms with E-state index in [-0.39, 0.29) is 12.3 Å². The van der Waals surface area contributed by atoms with E-state index in [1.54, 1.807) is 18.2 Å². The molecular formula is C14H13BrClN3O. The van der Waals surface area contributed by atoms with Crippen LogP contribution in [-0.4, -0.2) is 10.9 Å². The van der Waals surface area contributed by atoms with Crippen molar-refractivity contribution in [2.24, 2.45) is 0 Å². The van der Waals surface area contributed by atoms with Crippen LogP contribution in [0.5, 0.6) is 0 Å². The number of halogens is 2. The van der Waals surface area contributed by atoms with Gasteiger partial charge in [0, 0.05) is 15.2 Å². The number of amides is 1. The summed E-state index contributed by atoms with van der Waals surface area (Å²) in [7, 11) is 0. The fourth-order valence-electron chi connectivity index (χ4n) is 1.64. The molecule has 6 heteroatoms. The molecule has 104 valence electrons. The highest BCUT2D eigenvalue weighted by atomic mass is 79.9. The molecule has 0 radical (unpaired) electrons. The van der Waals surface area contributed by atoms with E-state index in [0.29, 0.717) is 22.1 Å². The molecule has 0 aliphatic heterocycles. The molecule has 0 bridgehead atoms. The quantitative estimate of drug-likeness (QED) is 0.885. The first-order valence-electron chi connectivity index (χ1n) is 5.91. The summed E-state index contributed by atoms with van der Waals surface area (Å²) in [4.78, 5) is 16.1. The second-order valence-electron chi connectivity index (χ2n) is 4.39. The van der Waals surface area contributed by atoms with Crippen LogP contribution in [-0.2, 0) is 11.2 Å². The lowest BCUT2D eigenvalue weighted by Crippen LogP contribution is -2.15. The Bertz CT molecular complexity index is 644. The maximum Gasteiger partial charge on any atom is 0.230 e. The van der Waals surface area contributed by atoms with Gasteiger partial charge in [-0.25, -0.2) is 0 Å². The second kappa shape index (κ2) is 6.24. The molecule has 1 amide bonds. The Morgan fingerprint density at radius 3 is 2.85 bits per heavy atom. The van der Waals surface area contributed by atoms with E-state index in [1.807, 2.05) is 13.0 Å². The number of carbonyl (C=O) groups is 1. The van der Waals surface area contributed by atoms with Crippen molar-refractivity contribution in [3.63, 3.8) is 0 Å². The third kappa shape index (κ3) is 3.71. The number of benzene rings is 1. The van der Waals surface area contributed by atoms with Gasteiger partial charge in [-0.15, -0.1) is 0 Å². The van der Waals surface area contributed by atoms with Crippen LogP contribution in [0.1, 0.15) is 11.3 Å². The minimum atomic E-state index is -0.164. The van der Waals surface area contributed by atoms with Crippen molar-refractivity contribution in [1.29, 1.82) is 0 Å². The summed E-state index contributed by atoms with van der Waals surface area (Å²) in [5.41, 5.74) is 8.36. The topological polar surface area (TPSA) is 68.0 Å². The van der Waals surface area contributed by atoms with Crippen LogP contribution in [0.4, 0.5) is 11.4 Å². The van der Waals surface area contributed by atoms with Crippen LogP contribution in [0.2, 0.25) is 5.02 Å². The van der Waals surface area contributed by atoms with Crippen molar-refractivity contribution in [2.75, 3.05) is 11.1 Å². The van der Waals surface area contributed by atoms with Gasteiger partial charge in [0.15, 0.2) is 0 Å². The van der Waals surface area contributed by atoms with Crippen molar-refractivity contribution in [3.05, 3.63) is 51.2 Å². The molecule has 0 aliphatic carbocycles. The summed E-state index contributed by atoms with van der Waals surface area (Å²) in [5.74, 6) is -0.164. The van der Waals surface area contributed by atoms with Gasteiger partial charge in [-0.3, -0.25) is 9.78 Å². The van der Waals surface area contributed by atoms with E-state index < -0.39 is 0 Å². The summed E-state index contributed by atoms with van der Waals surface area (Å²) in [6, 6.07) is 7.02. The van der Waals surface area contributed by atoms with Crippen molar-refractivity contribution >= 4 is 44.8 Å². The van der Waals surface area contributed by atoms with Crippen LogP contribution in [0, 0.1) is 6.92 Å². The third-order valence-corrected chi connectivity index (χ3v) is 3.77. The maximum atomic E-state index is 12.0. The molecule has 0 spiro atoms. The number of nitrogens with zero attached hydrogens (tertiary/aromatic N) is 1. The van der Waals surface area contributed by atoms with E-state index in [1.165, 1.54) is 6.20 Å². The lowest BCUT2D eigenvalue weighted by Gasteiger charge is -2.09. The SMILES string of the molecule is Cc1cc(Br)c(NC(=O)Cc2ccc(N)cn2)cc1Cl. The fraction of sp³-hybridized carbons (Fsp3) is 0.143. The Morgan fingerprint density at radius 1 is 1.45 bits per heavy atom. The Morgan fingerprint density at radius 2 is 2.20 bits per heavy atom. The summed E-state index contributed by atoms with van der Waals surface area (Å²) in [5, 5.41) is 3.41. The largest absolute Gasteiger partial charge is 0.397 e. The molecular weight excluding hydrogens is 342 g/mol. The predicted molar refractivity (Wildman–Crippen MR) is 84.9 cm³/mol. The summed E-state index contributed by atoms with van der Waals surface area (Å²) >= 11 is 9.45. The number of nitrogens with one attached hydrogen (secondary N) is 1. The number of nitrogen functional groups attached to an aromatic ring is 1. The number of anilines is 2. The maximum absolute atomic E-state index is 12.0. The van der Waals surface area contributed by atoms with Crippen molar-refractivity contribution in [1.82, 2.24) is 4.98 Å². The summed E-state index contributed by atoms with van der Waals surface area (Å²) in [6.45, 7) is 1.90. The van der Waals surface area contributed by atoms with Crippen LogP contribution in [0.25, 0.3) is 0 Å². The molecule has 2 aromatic rings. The first-order valence-corrected chi connectivity index (χ1v) is 7.08. The molecule has 0 unspecified atom stereocenters. The van der Waals surface area contributed by atoms with E-state index >= 15 is 0 Å². The van der Waals surface area contributed by atoms with Gasteiger partial charge < -0.3 is 11.1 Å². The highest BCUT2D eigenvalue weighted by Gasteiger charge is 2.09. The summed E-state index contributed by atoms with van der Waals surface area (Å²) in [6.07, 6.45) is 1.71. The summed E-state index contributed by atoms with van der Waals surface area (Å²) < 4.78 is 0.790. The van der Waals surface area contributed by atoms with Gasteiger partial charge >= 0.3 is 0 Å². The zero-order valence-electron chi connectivity index (χ0n) is 10.8. The molecule has 0 saturated carbocycles. The molecule has 0 fully saturated rings. The Labute approximate surface area is 130 Å². The molecule has 0 atom stereocenters. The average Bonchev–Trinajstić information content (AvgIpc) is 2.39. The van der Waals surface area contributed by atoms with Crippen LogP contribution >= 0.6 is 27.5 Å². The van der Waals surface area contributed by atoms with E-state index in [9.17, 15) is 4.79 Å². The monoisotopic (exact) mass is 353 g/mol. The average molecular weight is 355 g/mol. The number of hydrogen-bond donors (Lipinski definition) is 2. The first-order chi connectivity index (χ1) is 9.45. The van der Waals surface area contributed by atoms with Crippen molar-refractivity contribution in [2.45, 2.75) is 13.3 Å². The van der Waals surface area contributed by atoms with Crippen molar-refractivity contribution < 1.29 is 4.79 Å². The molecule has 0 aliphatic rings.